The van der Waals surface area contributed by atoms with Crippen molar-refractivity contribution in [2.45, 2.75) is 38.1 Å². The van der Waals surface area contributed by atoms with Gasteiger partial charge in [0.05, 0.1) is 6.20 Å². The van der Waals surface area contributed by atoms with Crippen molar-refractivity contribution in [3.8, 4) is 0 Å². The molecule has 0 bridgehead atoms. The van der Waals surface area contributed by atoms with Gasteiger partial charge in [0.1, 0.15) is 0 Å². The van der Waals surface area contributed by atoms with Crippen molar-refractivity contribution in [1.82, 2.24) is 20.0 Å². The Morgan fingerprint density at radius 1 is 1.26 bits per heavy atom. The first-order chi connectivity index (χ1) is 9.29. The summed E-state index contributed by atoms with van der Waals surface area (Å²) in [4.78, 5) is 2.60. The number of aryl methyl sites for hydroxylation is 1. The van der Waals surface area contributed by atoms with E-state index in [1.54, 1.807) is 0 Å². The number of likely N-dealkylation sites (tertiary alicyclic amines) is 1. The Morgan fingerprint density at radius 3 is 2.68 bits per heavy atom. The Hall–Kier alpha value is -0.870. The highest BCUT2D eigenvalue weighted by atomic mass is 15.2. The molecule has 4 nitrogen and oxygen atoms in total. The average molecular weight is 262 g/mol. The molecule has 0 aromatic carbocycles. The van der Waals surface area contributed by atoms with E-state index >= 15 is 0 Å². The first kappa shape index (κ1) is 13.1. The molecule has 0 spiro atoms. The molecule has 1 N–H and O–H groups in total. The minimum absolute atomic E-state index is 0.773. The van der Waals surface area contributed by atoms with E-state index in [-0.39, 0.29) is 0 Å². The van der Waals surface area contributed by atoms with Crippen LogP contribution in [-0.2, 0) is 13.5 Å². The number of nitrogens with zero attached hydrogens (tertiary/aromatic N) is 3. The van der Waals surface area contributed by atoms with Gasteiger partial charge in [0, 0.05) is 25.8 Å². The van der Waals surface area contributed by atoms with Crippen molar-refractivity contribution in [3.05, 3.63) is 18.0 Å². The Labute approximate surface area is 116 Å². The fourth-order valence-electron chi connectivity index (χ4n) is 2.90. The molecule has 1 saturated carbocycles. The first-order valence-corrected chi connectivity index (χ1v) is 7.73. The van der Waals surface area contributed by atoms with E-state index in [0.29, 0.717) is 0 Å². The van der Waals surface area contributed by atoms with Crippen LogP contribution in [0.4, 0.5) is 0 Å². The van der Waals surface area contributed by atoms with Crippen LogP contribution < -0.4 is 5.32 Å². The molecule has 2 fully saturated rings. The smallest absolute Gasteiger partial charge is 0.0522 e. The molecule has 2 heterocycles. The molecule has 106 valence electrons. The third-order valence-electron chi connectivity index (χ3n) is 4.45. The summed E-state index contributed by atoms with van der Waals surface area (Å²) >= 11 is 0. The molecule has 0 amide bonds. The van der Waals surface area contributed by atoms with Gasteiger partial charge >= 0.3 is 0 Å². The standard InChI is InChI=1S/C15H26N4/c1-18-12-14(11-17-18)4-7-19-8-5-15(6-9-19)16-10-13-2-3-13/h11-13,15-16H,2-10H2,1H3. The van der Waals surface area contributed by atoms with Crippen LogP contribution in [0.2, 0.25) is 0 Å². The highest BCUT2D eigenvalue weighted by molar-refractivity contribution is 5.04. The molecule has 0 radical (unpaired) electrons. The predicted octanol–water partition coefficient (Wildman–Crippen LogP) is 1.43. The van der Waals surface area contributed by atoms with Gasteiger partial charge in [0.15, 0.2) is 0 Å². The lowest BCUT2D eigenvalue weighted by Crippen LogP contribution is -2.43. The van der Waals surface area contributed by atoms with Crippen molar-refractivity contribution >= 4 is 0 Å². The molecule has 19 heavy (non-hydrogen) atoms. The SMILES string of the molecule is Cn1cc(CCN2CCC(NCC3CC3)CC2)cn1. The van der Waals surface area contributed by atoms with Crippen LogP contribution in [0.5, 0.6) is 0 Å². The lowest BCUT2D eigenvalue weighted by atomic mass is 10.0. The summed E-state index contributed by atoms with van der Waals surface area (Å²) in [5.74, 6) is 1.00. The Kier molecular flexibility index (Phi) is 4.18. The monoisotopic (exact) mass is 262 g/mol. The van der Waals surface area contributed by atoms with Crippen LogP contribution in [0.3, 0.4) is 0 Å². The van der Waals surface area contributed by atoms with E-state index in [0.717, 1.165) is 18.4 Å². The van der Waals surface area contributed by atoms with Gasteiger partial charge in [-0.2, -0.15) is 5.10 Å². The molecule has 2 aliphatic rings. The first-order valence-electron chi connectivity index (χ1n) is 7.73. The maximum Gasteiger partial charge on any atom is 0.0522 e. The molecule has 1 saturated heterocycles. The van der Waals surface area contributed by atoms with Gasteiger partial charge in [0.25, 0.3) is 0 Å². The summed E-state index contributed by atoms with van der Waals surface area (Å²) in [6.45, 7) is 4.95. The zero-order valence-corrected chi connectivity index (χ0v) is 12.0. The van der Waals surface area contributed by atoms with Crippen molar-refractivity contribution in [3.63, 3.8) is 0 Å². The number of hydrogen-bond donors (Lipinski definition) is 1. The van der Waals surface area contributed by atoms with Gasteiger partial charge in [-0.15, -0.1) is 0 Å². The van der Waals surface area contributed by atoms with E-state index in [4.69, 9.17) is 0 Å². The lowest BCUT2D eigenvalue weighted by molar-refractivity contribution is 0.199. The Balaban J connectivity index is 1.33. The second-order valence-electron chi connectivity index (χ2n) is 6.24. The summed E-state index contributed by atoms with van der Waals surface area (Å²) in [5.41, 5.74) is 1.36. The Bertz CT molecular complexity index is 389. The molecular formula is C15H26N4. The molecule has 1 aromatic heterocycles. The number of nitrogens with one attached hydrogen (secondary N) is 1. The summed E-state index contributed by atoms with van der Waals surface area (Å²) in [6, 6.07) is 0.773. The summed E-state index contributed by atoms with van der Waals surface area (Å²) < 4.78 is 1.89. The van der Waals surface area contributed by atoms with Gasteiger partial charge in [-0.3, -0.25) is 4.68 Å². The summed E-state index contributed by atoms with van der Waals surface area (Å²) in [6.07, 6.45) is 10.8. The van der Waals surface area contributed by atoms with Crippen LogP contribution in [0.25, 0.3) is 0 Å². The van der Waals surface area contributed by atoms with Crippen LogP contribution in [0, 0.1) is 5.92 Å². The molecular weight excluding hydrogens is 236 g/mol. The van der Waals surface area contributed by atoms with E-state index in [2.05, 4.69) is 21.5 Å². The molecule has 4 heteroatoms. The Morgan fingerprint density at radius 2 is 2.05 bits per heavy atom. The summed E-state index contributed by atoms with van der Waals surface area (Å²) in [7, 11) is 1.99. The number of rotatable bonds is 6. The highest BCUT2D eigenvalue weighted by Gasteiger charge is 2.24. The minimum Gasteiger partial charge on any atom is -0.314 e. The van der Waals surface area contributed by atoms with Gasteiger partial charge in [0.2, 0.25) is 0 Å². The van der Waals surface area contributed by atoms with Crippen molar-refractivity contribution < 1.29 is 0 Å². The largest absolute Gasteiger partial charge is 0.314 e. The normalized spacial score (nSPS) is 21.9. The van der Waals surface area contributed by atoms with Gasteiger partial charge < -0.3 is 10.2 Å². The van der Waals surface area contributed by atoms with E-state index in [9.17, 15) is 0 Å². The molecule has 0 atom stereocenters. The zero-order valence-electron chi connectivity index (χ0n) is 12.0. The number of hydrogen-bond acceptors (Lipinski definition) is 3. The van der Waals surface area contributed by atoms with Crippen molar-refractivity contribution in [2.75, 3.05) is 26.2 Å². The quantitative estimate of drug-likeness (QED) is 0.842. The molecule has 1 aliphatic carbocycles. The molecule has 1 aromatic rings. The van der Waals surface area contributed by atoms with Crippen molar-refractivity contribution in [1.29, 1.82) is 0 Å². The predicted molar refractivity (Wildman–Crippen MR) is 77.1 cm³/mol. The fraction of sp³-hybridized carbons (Fsp3) is 0.800. The van der Waals surface area contributed by atoms with E-state index in [1.807, 2.05) is 17.9 Å². The third kappa shape index (κ3) is 4.05. The summed E-state index contributed by atoms with van der Waals surface area (Å²) in [5, 5.41) is 7.97. The topological polar surface area (TPSA) is 33.1 Å². The van der Waals surface area contributed by atoms with Crippen molar-refractivity contribution in [2.24, 2.45) is 13.0 Å². The minimum atomic E-state index is 0.773. The molecule has 1 aliphatic heterocycles. The van der Waals surface area contributed by atoms with Gasteiger partial charge in [-0.25, -0.2) is 0 Å². The zero-order chi connectivity index (χ0) is 13.1. The van der Waals surface area contributed by atoms with E-state index in [1.165, 1.54) is 57.4 Å². The number of aromatic nitrogens is 2. The number of piperidine rings is 1. The van der Waals surface area contributed by atoms with Gasteiger partial charge in [-0.05, 0) is 63.2 Å². The van der Waals surface area contributed by atoms with Crippen LogP contribution >= 0.6 is 0 Å². The van der Waals surface area contributed by atoms with Crippen LogP contribution in [0.1, 0.15) is 31.2 Å². The molecule has 0 unspecified atom stereocenters. The highest BCUT2D eigenvalue weighted by Crippen LogP contribution is 2.28. The average Bonchev–Trinajstić information content (AvgIpc) is 3.17. The second kappa shape index (κ2) is 6.06. The second-order valence-corrected chi connectivity index (χ2v) is 6.24. The van der Waals surface area contributed by atoms with E-state index < -0.39 is 0 Å². The lowest BCUT2D eigenvalue weighted by Gasteiger charge is -2.32. The third-order valence-corrected chi connectivity index (χ3v) is 4.45. The molecule has 3 rings (SSSR count). The maximum atomic E-state index is 4.23. The maximum absolute atomic E-state index is 4.23. The van der Waals surface area contributed by atoms with Crippen LogP contribution in [-0.4, -0.2) is 46.9 Å². The van der Waals surface area contributed by atoms with Crippen LogP contribution in [0.15, 0.2) is 12.4 Å². The fourth-order valence-corrected chi connectivity index (χ4v) is 2.90. The van der Waals surface area contributed by atoms with Gasteiger partial charge in [-0.1, -0.05) is 0 Å².